The molecule has 0 heterocycles. The summed E-state index contributed by atoms with van der Waals surface area (Å²) >= 11 is 0. The van der Waals surface area contributed by atoms with Gasteiger partial charge in [-0.3, -0.25) is 4.79 Å². The van der Waals surface area contributed by atoms with Gasteiger partial charge in [-0.05, 0) is 43.8 Å². The summed E-state index contributed by atoms with van der Waals surface area (Å²) in [5.74, 6) is 0.330. The Morgan fingerprint density at radius 2 is 1.58 bits per heavy atom. The minimum atomic E-state index is -1.19. The van der Waals surface area contributed by atoms with E-state index in [1.54, 1.807) is 11.9 Å². The van der Waals surface area contributed by atoms with Gasteiger partial charge in [0.1, 0.15) is 12.4 Å². The fraction of sp³-hybridized carbons (Fsp3) is 0.381. The van der Waals surface area contributed by atoms with E-state index in [4.69, 9.17) is 4.74 Å². The molecule has 0 saturated carbocycles. The second-order valence-electron chi connectivity index (χ2n) is 6.79. The molecule has 0 spiro atoms. The zero-order valence-corrected chi connectivity index (χ0v) is 16.0. The normalized spacial score (nSPS) is 12.1. The lowest BCUT2D eigenvalue weighted by molar-refractivity contribution is -0.140. The Bertz CT molecular complexity index is 731. The highest BCUT2D eigenvalue weighted by molar-refractivity contribution is 5.80. The topological polar surface area (TPSA) is 53.0 Å². The Morgan fingerprint density at radius 3 is 2.19 bits per heavy atom. The molecular formula is C21H28N2O3. The molecule has 0 bridgehead atoms. The quantitative estimate of drug-likeness (QED) is 0.789. The van der Waals surface area contributed by atoms with Gasteiger partial charge < -0.3 is 19.6 Å². The number of aliphatic hydroxyl groups is 1. The number of carbonyl (C=O) groups excluding carboxylic acids is 1. The lowest BCUT2D eigenvalue weighted by atomic mass is 10.1. The monoisotopic (exact) mass is 356 g/mol. The average molecular weight is 356 g/mol. The Morgan fingerprint density at radius 1 is 1.00 bits per heavy atom. The fourth-order valence-corrected chi connectivity index (χ4v) is 2.75. The number of carbonyl (C=O) groups is 1. The summed E-state index contributed by atoms with van der Waals surface area (Å²) in [6.45, 7) is 3.12. The molecule has 0 aromatic heterocycles. The van der Waals surface area contributed by atoms with Crippen molar-refractivity contribution in [3.05, 3.63) is 65.2 Å². The second kappa shape index (κ2) is 9.36. The number of hydrogen-bond acceptors (Lipinski definition) is 4. The zero-order valence-electron chi connectivity index (χ0n) is 16.0. The number of para-hydroxylation sites is 1. The highest BCUT2D eigenvalue weighted by Gasteiger charge is 2.21. The van der Waals surface area contributed by atoms with Crippen LogP contribution in [0, 0.1) is 6.92 Å². The smallest absolute Gasteiger partial charge is 0.255 e. The van der Waals surface area contributed by atoms with Crippen molar-refractivity contribution in [3.8, 4) is 5.75 Å². The summed E-state index contributed by atoms with van der Waals surface area (Å²) in [6, 6.07) is 15.6. The third kappa shape index (κ3) is 5.58. The van der Waals surface area contributed by atoms with E-state index in [0.717, 1.165) is 17.7 Å². The van der Waals surface area contributed by atoms with Crippen molar-refractivity contribution in [2.24, 2.45) is 0 Å². The number of aryl methyl sites for hydroxylation is 1. The van der Waals surface area contributed by atoms with E-state index in [1.165, 1.54) is 5.56 Å². The molecular weight excluding hydrogens is 328 g/mol. The molecule has 2 rings (SSSR count). The molecule has 0 radical (unpaired) electrons. The minimum absolute atomic E-state index is 0.0621. The fourth-order valence-electron chi connectivity index (χ4n) is 2.75. The first kappa shape index (κ1) is 19.9. The van der Waals surface area contributed by atoms with Gasteiger partial charge in [0.05, 0.1) is 0 Å². The molecule has 140 valence electrons. The third-order valence-corrected chi connectivity index (χ3v) is 4.16. The Labute approximate surface area is 155 Å². The standard InChI is InChI=1S/C21H28N2O3/c1-16-9-5-8-12-20(16)26-15-19(24)21(25)23(4)14-18-11-7-6-10-17(18)13-22(2)3/h5-12,19,24H,13-15H2,1-4H3/t19-/m1/s1. The van der Waals surface area contributed by atoms with Gasteiger partial charge in [0.15, 0.2) is 6.10 Å². The van der Waals surface area contributed by atoms with Gasteiger partial charge in [-0.1, -0.05) is 42.5 Å². The SMILES string of the molecule is Cc1ccccc1OC[C@@H](O)C(=O)N(C)Cc1ccccc1CN(C)C. The summed E-state index contributed by atoms with van der Waals surface area (Å²) < 4.78 is 5.59. The number of likely N-dealkylation sites (N-methyl/N-ethyl adjacent to an activating group) is 1. The molecule has 5 heteroatoms. The summed E-state index contributed by atoms with van der Waals surface area (Å²) in [6.07, 6.45) is -1.19. The zero-order chi connectivity index (χ0) is 19.1. The maximum absolute atomic E-state index is 12.5. The molecule has 0 unspecified atom stereocenters. The number of nitrogens with zero attached hydrogens (tertiary/aromatic N) is 2. The molecule has 1 N–H and O–H groups in total. The molecule has 0 aliphatic carbocycles. The van der Waals surface area contributed by atoms with Crippen LogP contribution in [0.25, 0.3) is 0 Å². The first-order valence-electron chi connectivity index (χ1n) is 8.71. The van der Waals surface area contributed by atoms with Crippen molar-refractivity contribution in [1.82, 2.24) is 9.80 Å². The van der Waals surface area contributed by atoms with Crippen LogP contribution in [0.2, 0.25) is 0 Å². The van der Waals surface area contributed by atoms with Crippen LogP contribution in [0.15, 0.2) is 48.5 Å². The van der Waals surface area contributed by atoms with E-state index in [0.29, 0.717) is 12.3 Å². The third-order valence-electron chi connectivity index (χ3n) is 4.16. The first-order chi connectivity index (χ1) is 12.4. The average Bonchev–Trinajstić information content (AvgIpc) is 2.61. The van der Waals surface area contributed by atoms with Crippen LogP contribution in [0.5, 0.6) is 5.75 Å². The van der Waals surface area contributed by atoms with Crippen LogP contribution in [0.3, 0.4) is 0 Å². The molecule has 0 aliphatic rings. The Hall–Kier alpha value is -2.37. The number of amides is 1. The van der Waals surface area contributed by atoms with Gasteiger partial charge in [-0.2, -0.15) is 0 Å². The summed E-state index contributed by atoms with van der Waals surface area (Å²) in [7, 11) is 5.72. The molecule has 5 nitrogen and oxygen atoms in total. The summed E-state index contributed by atoms with van der Waals surface area (Å²) in [4.78, 5) is 16.1. The van der Waals surface area contributed by atoms with Gasteiger partial charge in [0, 0.05) is 20.1 Å². The molecule has 1 atom stereocenters. The van der Waals surface area contributed by atoms with E-state index in [2.05, 4.69) is 11.0 Å². The Balaban J connectivity index is 1.95. The highest BCUT2D eigenvalue weighted by atomic mass is 16.5. The molecule has 1 amide bonds. The number of ether oxygens (including phenoxy) is 1. The van der Waals surface area contributed by atoms with Crippen molar-refractivity contribution in [1.29, 1.82) is 0 Å². The lowest BCUT2D eigenvalue weighted by Crippen LogP contribution is -2.39. The Kier molecular flexibility index (Phi) is 7.18. The summed E-state index contributed by atoms with van der Waals surface area (Å²) in [5, 5.41) is 10.2. The van der Waals surface area contributed by atoms with Crippen molar-refractivity contribution < 1.29 is 14.6 Å². The van der Waals surface area contributed by atoms with Crippen LogP contribution >= 0.6 is 0 Å². The van der Waals surface area contributed by atoms with Gasteiger partial charge in [0.25, 0.3) is 5.91 Å². The van der Waals surface area contributed by atoms with E-state index < -0.39 is 6.10 Å². The van der Waals surface area contributed by atoms with Gasteiger partial charge in [0.2, 0.25) is 0 Å². The van der Waals surface area contributed by atoms with Gasteiger partial charge >= 0.3 is 0 Å². The van der Waals surface area contributed by atoms with Crippen LogP contribution in [0.4, 0.5) is 0 Å². The van der Waals surface area contributed by atoms with E-state index in [9.17, 15) is 9.90 Å². The first-order valence-corrected chi connectivity index (χ1v) is 8.71. The van der Waals surface area contributed by atoms with Crippen LogP contribution in [-0.2, 0) is 17.9 Å². The number of rotatable bonds is 8. The highest BCUT2D eigenvalue weighted by Crippen LogP contribution is 2.17. The van der Waals surface area contributed by atoms with Gasteiger partial charge in [-0.15, -0.1) is 0 Å². The predicted molar refractivity (Wildman–Crippen MR) is 103 cm³/mol. The molecule has 2 aromatic carbocycles. The van der Waals surface area contributed by atoms with E-state index in [1.807, 2.05) is 63.5 Å². The number of hydrogen-bond donors (Lipinski definition) is 1. The lowest BCUT2D eigenvalue weighted by Gasteiger charge is -2.23. The van der Waals surface area contributed by atoms with Crippen LogP contribution in [-0.4, -0.2) is 54.7 Å². The minimum Gasteiger partial charge on any atom is -0.490 e. The second-order valence-corrected chi connectivity index (χ2v) is 6.79. The molecule has 2 aromatic rings. The molecule has 26 heavy (non-hydrogen) atoms. The number of aliphatic hydroxyl groups excluding tert-OH is 1. The van der Waals surface area contributed by atoms with E-state index >= 15 is 0 Å². The molecule has 0 saturated heterocycles. The van der Waals surface area contributed by atoms with Crippen LogP contribution in [0.1, 0.15) is 16.7 Å². The summed E-state index contributed by atoms with van der Waals surface area (Å²) in [5.41, 5.74) is 3.21. The predicted octanol–water partition coefficient (Wildman–Crippen LogP) is 2.45. The maximum Gasteiger partial charge on any atom is 0.255 e. The van der Waals surface area contributed by atoms with Crippen molar-refractivity contribution in [2.75, 3.05) is 27.7 Å². The largest absolute Gasteiger partial charge is 0.490 e. The van der Waals surface area contributed by atoms with Crippen molar-refractivity contribution >= 4 is 5.91 Å². The van der Waals surface area contributed by atoms with E-state index in [-0.39, 0.29) is 12.5 Å². The van der Waals surface area contributed by atoms with Gasteiger partial charge in [-0.25, -0.2) is 0 Å². The molecule has 0 fully saturated rings. The number of benzene rings is 2. The van der Waals surface area contributed by atoms with Crippen LogP contribution < -0.4 is 4.74 Å². The van der Waals surface area contributed by atoms with Crippen molar-refractivity contribution in [3.63, 3.8) is 0 Å². The molecule has 0 aliphatic heterocycles. The van der Waals surface area contributed by atoms with Crippen molar-refractivity contribution in [2.45, 2.75) is 26.1 Å². The maximum atomic E-state index is 12.5.